The van der Waals surface area contributed by atoms with E-state index in [2.05, 4.69) is 15.0 Å². The van der Waals surface area contributed by atoms with E-state index in [4.69, 9.17) is 23.2 Å². The molecule has 0 bridgehead atoms. The van der Waals surface area contributed by atoms with Crippen molar-refractivity contribution >= 4 is 34.1 Å². The fourth-order valence-electron chi connectivity index (χ4n) is 2.20. The van der Waals surface area contributed by atoms with Gasteiger partial charge in [-0.2, -0.15) is 0 Å². The Morgan fingerprint density at radius 2 is 1.52 bits per heavy atom. The molecule has 1 aromatic carbocycles. The maximum atomic E-state index is 6.23. The highest BCUT2D eigenvalue weighted by Crippen LogP contribution is 2.31. The molecule has 2 aromatic heterocycles. The third-order valence-electron chi connectivity index (χ3n) is 3.26. The van der Waals surface area contributed by atoms with Crippen LogP contribution in [0.15, 0.2) is 36.4 Å². The van der Waals surface area contributed by atoms with E-state index < -0.39 is 0 Å². The molecule has 0 radical (unpaired) electrons. The summed E-state index contributed by atoms with van der Waals surface area (Å²) in [6, 6.07) is 11.7. The normalized spacial score (nSPS) is 11.3. The zero-order valence-corrected chi connectivity index (χ0v) is 13.2. The van der Waals surface area contributed by atoms with Crippen molar-refractivity contribution in [1.29, 1.82) is 0 Å². The van der Waals surface area contributed by atoms with Crippen LogP contribution in [-0.4, -0.2) is 15.0 Å². The molecule has 0 fully saturated rings. The molecule has 0 N–H and O–H groups in total. The summed E-state index contributed by atoms with van der Waals surface area (Å²) in [5.41, 5.74) is 2.31. The van der Waals surface area contributed by atoms with Gasteiger partial charge in [-0.05, 0) is 18.1 Å². The summed E-state index contributed by atoms with van der Waals surface area (Å²) in [4.78, 5) is 13.2. The molecule has 0 aliphatic carbocycles. The van der Waals surface area contributed by atoms with Crippen LogP contribution in [0.4, 0.5) is 0 Å². The molecule has 0 spiro atoms. The van der Waals surface area contributed by atoms with E-state index in [1.807, 2.05) is 50.2 Å². The van der Waals surface area contributed by atoms with Crippen LogP contribution in [0, 0.1) is 0 Å². The van der Waals surface area contributed by atoms with Crippen LogP contribution in [0.1, 0.15) is 25.3 Å². The van der Waals surface area contributed by atoms with Crippen LogP contribution >= 0.6 is 23.2 Å². The standard InChI is InChI=1S/C16H13Cl2N3/c1-9(2)13-14(17)20-16(21-15(13)18)12-8-7-10-5-3-4-6-11(10)19-12/h3-9H,1-2H3. The van der Waals surface area contributed by atoms with Gasteiger partial charge in [0.05, 0.1) is 5.52 Å². The minimum Gasteiger partial charge on any atom is -0.244 e. The Morgan fingerprint density at radius 3 is 2.19 bits per heavy atom. The first-order valence-electron chi connectivity index (χ1n) is 6.65. The Morgan fingerprint density at radius 1 is 0.857 bits per heavy atom. The topological polar surface area (TPSA) is 38.7 Å². The molecule has 106 valence electrons. The molecule has 2 heterocycles. The van der Waals surface area contributed by atoms with Gasteiger partial charge in [0.1, 0.15) is 16.0 Å². The predicted octanol–water partition coefficient (Wildman–Crippen LogP) is 5.12. The van der Waals surface area contributed by atoms with Crippen LogP contribution in [0.3, 0.4) is 0 Å². The number of fused-ring (bicyclic) bond motifs is 1. The second kappa shape index (κ2) is 5.58. The monoisotopic (exact) mass is 317 g/mol. The van der Waals surface area contributed by atoms with E-state index in [0.29, 0.717) is 21.8 Å². The molecule has 0 aliphatic rings. The number of benzene rings is 1. The summed E-state index contributed by atoms with van der Waals surface area (Å²) in [6.45, 7) is 4.01. The van der Waals surface area contributed by atoms with E-state index in [-0.39, 0.29) is 5.92 Å². The minimum atomic E-state index is 0.170. The molecular formula is C16H13Cl2N3. The maximum Gasteiger partial charge on any atom is 0.181 e. The van der Waals surface area contributed by atoms with Crippen molar-refractivity contribution in [3.63, 3.8) is 0 Å². The van der Waals surface area contributed by atoms with Gasteiger partial charge in [-0.3, -0.25) is 0 Å². The van der Waals surface area contributed by atoms with Crippen molar-refractivity contribution in [3.8, 4) is 11.5 Å². The van der Waals surface area contributed by atoms with Crippen LogP contribution in [0.2, 0.25) is 10.3 Å². The third-order valence-corrected chi connectivity index (χ3v) is 3.83. The van der Waals surface area contributed by atoms with E-state index >= 15 is 0 Å². The smallest absolute Gasteiger partial charge is 0.181 e. The van der Waals surface area contributed by atoms with Gasteiger partial charge in [0.15, 0.2) is 5.82 Å². The van der Waals surface area contributed by atoms with Gasteiger partial charge in [-0.25, -0.2) is 15.0 Å². The van der Waals surface area contributed by atoms with Gasteiger partial charge < -0.3 is 0 Å². The largest absolute Gasteiger partial charge is 0.244 e. The Bertz CT molecular complexity index is 792. The molecule has 21 heavy (non-hydrogen) atoms. The Hall–Kier alpha value is -1.71. The lowest BCUT2D eigenvalue weighted by molar-refractivity contribution is 0.847. The van der Waals surface area contributed by atoms with Gasteiger partial charge in [-0.15, -0.1) is 0 Å². The van der Waals surface area contributed by atoms with Crippen LogP contribution < -0.4 is 0 Å². The van der Waals surface area contributed by atoms with Crippen molar-refractivity contribution in [3.05, 3.63) is 52.3 Å². The summed E-state index contributed by atoms with van der Waals surface area (Å²) in [7, 11) is 0. The predicted molar refractivity (Wildman–Crippen MR) is 86.9 cm³/mol. The van der Waals surface area contributed by atoms with Gasteiger partial charge in [0, 0.05) is 10.9 Å². The Balaban J connectivity index is 2.14. The Labute approximate surface area is 133 Å². The van der Waals surface area contributed by atoms with Crippen molar-refractivity contribution in [2.45, 2.75) is 19.8 Å². The second-order valence-electron chi connectivity index (χ2n) is 5.09. The van der Waals surface area contributed by atoms with Crippen LogP contribution in [0.25, 0.3) is 22.4 Å². The first kappa shape index (κ1) is 14.2. The second-order valence-corrected chi connectivity index (χ2v) is 5.80. The molecular weight excluding hydrogens is 305 g/mol. The fourth-order valence-corrected chi connectivity index (χ4v) is 3.02. The van der Waals surface area contributed by atoms with Crippen molar-refractivity contribution in [2.24, 2.45) is 0 Å². The molecule has 0 atom stereocenters. The fraction of sp³-hybridized carbons (Fsp3) is 0.188. The average molecular weight is 318 g/mol. The lowest BCUT2D eigenvalue weighted by Gasteiger charge is -2.10. The quantitative estimate of drug-likeness (QED) is 0.615. The van der Waals surface area contributed by atoms with Crippen molar-refractivity contribution in [2.75, 3.05) is 0 Å². The molecule has 0 saturated heterocycles. The summed E-state index contributed by atoms with van der Waals surface area (Å²) < 4.78 is 0. The molecule has 0 unspecified atom stereocenters. The molecule has 0 amide bonds. The molecule has 3 rings (SSSR count). The Kier molecular flexibility index (Phi) is 3.79. The lowest BCUT2D eigenvalue weighted by atomic mass is 10.1. The zero-order valence-electron chi connectivity index (χ0n) is 11.6. The summed E-state index contributed by atoms with van der Waals surface area (Å²) >= 11 is 12.5. The average Bonchev–Trinajstić information content (AvgIpc) is 2.45. The summed E-state index contributed by atoms with van der Waals surface area (Å²) in [5, 5.41) is 1.84. The molecule has 5 heteroatoms. The van der Waals surface area contributed by atoms with E-state index in [1.165, 1.54) is 0 Å². The van der Waals surface area contributed by atoms with E-state index in [9.17, 15) is 0 Å². The first-order chi connectivity index (χ1) is 10.1. The highest BCUT2D eigenvalue weighted by Gasteiger charge is 2.16. The first-order valence-corrected chi connectivity index (χ1v) is 7.41. The number of aromatic nitrogens is 3. The van der Waals surface area contributed by atoms with Gasteiger partial charge in [-0.1, -0.05) is 61.3 Å². The summed E-state index contributed by atoms with van der Waals surface area (Å²) in [6.07, 6.45) is 0. The third kappa shape index (κ3) is 2.71. The molecule has 3 nitrogen and oxygen atoms in total. The number of nitrogens with zero attached hydrogens (tertiary/aromatic N) is 3. The zero-order chi connectivity index (χ0) is 15.0. The molecule has 0 aliphatic heterocycles. The number of halogens is 2. The number of para-hydroxylation sites is 1. The SMILES string of the molecule is CC(C)c1c(Cl)nc(-c2ccc3ccccc3n2)nc1Cl. The van der Waals surface area contributed by atoms with Gasteiger partial charge in [0.2, 0.25) is 0 Å². The lowest BCUT2D eigenvalue weighted by Crippen LogP contribution is -2.00. The number of pyridine rings is 1. The number of hydrogen-bond donors (Lipinski definition) is 0. The highest BCUT2D eigenvalue weighted by atomic mass is 35.5. The summed E-state index contributed by atoms with van der Waals surface area (Å²) in [5.74, 6) is 0.615. The van der Waals surface area contributed by atoms with Crippen LogP contribution in [0.5, 0.6) is 0 Å². The van der Waals surface area contributed by atoms with Crippen molar-refractivity contribution < 1.29 is 0 Å². The maximum absolute atomic E-state index is 6.23. The molecule has 3 aromatic rings. The van der Waals surface area contributed by atoms with Crippen molar-refractivity contribution in [1.82, 2.24) is 15.0 Å². The van der Waals surface area contributed by atoms with Gasteiger partial charge in [0.25, 0.3) is 0 Å². The minimum absolute atomic E-state index is 0.170. The number of rotatable bonds is 2. The van der Waals surface area contributed by atoms with Crippen LogP contribution in [-0.2, 0) is 0 Å². The molecule has 0 saturated carbocycles. The number of hydrogen-bond acceptors (Lipinski definition) is 3. The highest BCUT2D eigenvalue weighted by molar-refractivity contribution is 6.34. The van der Waals surface area contributed by atoms with E-state index in [0.717, 1.165) is 16.5 Å². The van der Waals surface area contributed by atoms with E-state index in [1.54, 1.807) is 0 Å². The van der Waals surface area contributed by atoms with Gasteiger partial charge >= 0.3 is 0 Å².